The summed E-state index contributed by atoms with van der Waals surface area (Å²) in [7, 11) is -4.10. The van der Waals surface area contributed by atoms with E-state index in [4.69, 9.17) is 34.8 Å². The molecule has 0 spiro atoms. The number of imidazole rings is 1. The van der Waals surface area contributed by atoms with Crippen LogP contribution in [0.4, 0.5) is 5.69 Å². The van der Waals surface area contributed by atoms with Crippen molar-refractivity contribution in [3.63, 3.8) is 0 Å². The van der Waals surface area contributed by atoms with Gasteiger partial charge in [-0.25, -0.2) is 17.4 Å². The lowest BCUT2D eigenvalue weighted by atomic mass is 10.2. The maximum absolute atomic E-state index is 12.6. The van der Waals surface area contributed by atoms with Crippen LogP contribution < -0.4 is 0 Å². The molecule has 0 amide bonds. The van der Waals surface area contributed by atoms with Gasteiger partial charge < -0.3 is 0 Å². The van der Waals surface area contributed by atoms with Crippen LogP contribution in [-0.2, 0) is 13.8 Å². The highest BCUT2D eigenvalue weighted by Crippen LogP contribution is 2.43. The number of aromatic nitrogens is 2. The number of hydrogen-bond donors (Lipinski definition) is 0. The average Bonchev–Trinajstić information content (AvgIpc) is 2.84. The lowest BCUT2D eigenvalue weighted by Crippen LogP contribution is -2.18. The Morgan fingerprint density at radius 1 is 1.32 bits per heavy atom. The number of alkyl halides is 3. The molecule has 2 rings (SSSR count). The van der Waals surface area contributed by atoms with Crippen molar-refractivity contribution in [3.8, 4) is 0 Å². The third-order valence-electron chi connectivity index (χ3n) is 2.80. The van der Waals surface area contributed by atoms with E-state index in [1.807, 2.05) is 0 Å². The molecule has 0 saturated heterocycles. The van der Waals surface area contributed by atoms with Gasteiger partial charge in [0.25, 0.3) is 15.7 Å². The number of aryl methyl sites for hydroxylation is 1. The standard InChI is InChI=1S/C11H8Cl3N3O4S/c1-7-15-4-5-16(7)22(20,21)10-3-2-8(17(18)19)6-9(10)11(12,13)14/h2-6H,1H3. The summed E-state index contributed by atoms with van der Waals surface area (Å²) >= 11 is 17.3. The van der Waals surface area contributed by atoms with Crippen LogP contribution in [0.2, 0.25) is 0 Å². The molecule has 1 aromatic carbocycles. The molecule has 0 fully saturated rings. The summed E-state index contributed by atoms with van der Waals surface area (Å²) in [5.74, 6) is 0.202. The maximum atomic E-state index is 12.6. The highest BCUT2D eigenvalue weighted by molar-refractivity contribution is 7.90. The SMILES string of the molecule is Cc1nccn1S(=O)(=O)c1ccc([N+](=O)[O-])cc1C(Cl)(Cl)Cl. The first-order valence-corrected chi connectivity index (χ1v) is 8.23. The zero-order valence-corrected chi connectivity index (χ0v) is 14.0. The van der Waals surface area contributed by atoms with Crippen molar-refractivity contribution in [1.29, 1.82) is 0 Å². The molecular formula is C11H8Cl3N3O4S. The number of halogens is 3. The van der Waals surface area contributed by atoms with Crippen LogP contribution in [0.15, 0.2) is 35.5 Å². The Morgan fingerprint density at radius 3 is 2.41 bits per heavy atom. The smallest absolute Gasteiger partial charge is 0.258 e. The van der Waals surface area contributed by atoms with E-state index in [1.54, 1.807) is 0 Å². The molecule has 1 aromatic heterocycles. The number of non-ortho nitro benzene ring substituents is 1. The first kappa shape index (κ1) is 17.0. The number of rotatable bonds is 3. The highest BCUT2D eigenvalue weighted by atomic mass is 35.6. The van der Waals surface area contributed by atoms with Crippen LogP contribution in [0, 0.1) is 17.0 Å². The van der Waals surface area contributed by atoms with Crippen molar-refractivity contribution in [2.24, 2.45) is 0 Å². The summed E-state index contributed by atoms with van der Waals surface area (Å²) in [5, 5.41) is 10.8. The largest absolute Gasteiger partial charge is 0.269 e. The molecule has 22 heavy (non-hydrogen) atoms. The van der Waals surface area contributed by atoms with Crippen LogP contribution in [0.1, 0.15) is 11.4 Å². The second-order valence-corrected chi connectivity index (χ2v) is 8.28. The summed E-state index contributed by atoms with van der Waals surface area (Å²) in [4.78, 5) is 13.6. The van der Waals surface area contributed by atoms with Crippen molar-refractivity contribution in [3.05, 3.63) is 52.1 Å². The van der Waals surface area contributed by atoms with E-state index in [0.717, 1.165) is 22.2 Å². The maximum Gasteiger partial charge on any atom is 0.269 e. The molecule has 0 aliphatic rings. The van der Waals surface area contributed by atoms with Gasteiger partial charge in [-0.15, -0.1) is 0 Å². The van der Waals surface area contributed by atoms with Crippen LogP contribution >= 0.6 is 34.8 Å². The molecule has 1 heterocycles. The number of hydrogen-bond acceptors (Lipinski definition) is 5. The van der Waals surface area contributed by atoms with Crippen molar-refractivity contribution >= 4 is 50.5 Å². The Morgan fingerprint density at radius 2 is 1.95 bits per heavy atom. The van der Waals surface area contributed by atoms with Crippen molar-refractivity contribution in [1.82, 2.24) is 8.96 Å². The molecule has 0 bridgehead atoms. The molecular weight excluding hydrogens is 377 g/mol. The highest BCUT2D eigenvalue weighted by Gasteiger charge is 2.34. The van der Waals surface area contributed by atoms with Gasteiger partial charge in [-0.1, -0.05) is 34.8 Å². The van der Waals surface area contributed by atoms with E-state index in [-0.39, 0.29) is 22.0 Å². The fourth-order valence-corrected chi connectivity index (χ4v) is 3.99. The predicted molar refractivity (Wildman–Crippen MR) is 81.9 cm³/mol. The lowest BCUT2D eigenvalue weighted by Gasteiger charge is -2.17. The third-order valence-corrected chi connectivity index (χ3v) is 5.23. The minimum Gasteiger partial charge on any atom is -0.258 e. The Bertz CT molecular complexity index is 843. The summed E-state index contributed by atoms with van der Waals surface area (Å²) in [5.41, 5.74) is -0.692. The molecule has 0 aliphatic carbocycles. The first-order chi connectivity index (χ1) is 10.0. The minimum absolute atomic E-state index is 0.202. The molecule has 7 nitrogen and oxygen atoms in total. The van der Waals surface area contributed by atoms with Crippen LogP contribution in [0.25, 0.3) is 0 Å². The van der Waals surface area contributed by atoms with E-state index in [9.17, 15) is 18.5 Å². The van der Waals surface area contributed by atoms with E-state index in [0.29, 0.717) is 0 Å². The number of nitro benzene ring substituents is 1. The van der Waals surface area contributed by atoms with E-state index < -0.39 is 18.7 Å². The first-order valence-electron chi connectivity index (χ1n) is 5.66. The van der Waals surface area contributed by atoms with E-state index in [2.05, 4.69) is 4.98 Å². The zero-order chi connectivity index (χ0) is 16.7. The third kappa shape index (κ3) is 3.05. The van der Waals surface area contributed by atoms with E-state index >= 15 is 0 Å². The van der Waals surface area contributed by atoms with Gasteiger partial charge >= 0.3 is 0 Å². The second-order valence-electron chi connectivity index (χ2n) is 4.21. The Labute approximate surface area is 140 Å². The molecule has 2 aromatic rings. The van der Waals surface area contributed by atoms with Crippen molar-refractivity contribution < 1.29 is 13.3 Å². The monoisotopic (exact) mass is 383 g/mol. The van der Waals surface area contributed by atoms with Gasteiger partial charge in [0.15, 0.2) is 0 Å². The predicted octanol–water partition coefficient (Wildman–Crippen LogP) is 3.16. The molecule has 0 unspecified atom stereocenters. The van der Waals surface area contributed by atoms with Crippen LogP contribution in [-0.4, -0.2) is 22.3 Å². The van der Waals surface area contributed by atoms with Crippen molar-refractivity contribution in [2.45, 2.75) is 15.6 Å². The van der Waals surface area contributed by atoms with Gasteiger partial charge in [-0.05, 0) is 13.0 Å². The van der Waals surface area contributed by atoms with Crippen LogP contribution in [0.5, 0.6) is 0 Å². The normalized spacial score (nSPS) is 12.4. The van der Waals surface area contributed by atoms with Gasteiger partial charge in [0.05, 0.1) is 9.82 Å². The lowest BCUT2D eigenvalue weighted by molar-refractivity contribution is -0.385. The van der Waals surface area contributed by atoms with Crippen LogP contribution in [0.3, 0.4) is 0 Å². The average molecular weight is 385 g/mol. The van der Waals surface area contributed by atoms with E-state index in [1.165, 1.54) is 19.3 Å². The Hall–Kier alpha value is -1.35. The minimum atomic E-state index is -4.10. The molecule has 0 atom stereocenters. The van der Waals surface area contributed by atoms with Gasteiger partial charge in [-0.3, -0.25) is 10.1 Å². The molecule has 0 N–H and O–H groups in total. The topological polar surface area (TPSA) is 95.1 Å². The summed E-state index contributed by atoms with van der Waals surface area (Å²) in [6, 6.07) is 2.98. The van der Waals surface area contributed by atoms with Crippen molar-refractivity contribution in [2.75, 3.05) is 0 Å². The summed E-state index contributed by atoms with van der Waals surface area (Å²) in [6.45, 7) is 1.48. The Balaban J connectivity index is 2.76. The molecule has 11 heteroatoms. The molecule has 0 aliphatic heterocycles. The summed E-state index contributed by atoms with van der Waals surface area (Å²) < 4.78 is 24.0. The molecule has 0 saturated carbocycles. The number of nitro groups is 1. The quantitative estimate of drug-likeness (QED) is 0.460. The molecule has 0 radical (unpaired) electrons. The number of nitrogens with zero attached hydrogens (tertiary/aromatic N) is 3. The Kier molecular flexibility index (Phi) is 4.40. The van der Waals surface area contributed by atoms with Gasteiger partial charge in [0, 0.05) is 30.1 Å². The van der Waals surface area contributed by atoms with Gasteiger partial charge in [0.2, 0.25) is 3.79 Å². The number of benzene rings is 1. The summed E-state index contributed by atoms with van der Waals surface area (Å²) in [6.07, 6.45) is 2.53. The fourth-order valence-electron chi connectivity index (χ4n) is 1.80. The van der Waals surface area contributed by atoms with Gasteiger partial charge in [-0.2, -0.15) is 0 Å². The fraction of sp³-hybridized carbons (Fsp3) is 0.182. The molecule has 118 valence electrons. The van der Waals surface area contributed by atoms with Gasteiger partial charge in [0.1, 0.15) is 5.82 Å². The zero-order valence-electron chi connectivity index (χ0n) is 10.9. The second kappa shape index (κ2) is 5.69.